The van der Waals surface area contributed by atoms with Crippen molar-refractivity contribution < 1.29 is 19.1 Å². The van der Waals surface area contributed by atoms with E-state index in [2.05, 4.69) is 10.1 Å². The average molecular weight is 314 g/mol. The normalized spacial score (nSPS) is 10.9. The minimum absolute atomic E-state index is 0.208. The highest BCUT2D eigenvalue weighted by molar-refractivity contribution is 6.33. The molecule has 0 saturated carbocycles. The molecule has 1 N–H and O–H groups in total. The van der Waals surface area contributed by atoms with Crippen LogP contribution in [0.1, 0.15) is 32.8 Å². The molecule has 0 unspecified atom stereocenters. The Balaban J connectivity index is 2.85. The minimum Gasteiger partial charge on any atom is -0.469 e. The molecule has 0 aliphatic rings. The third-order valence-electron chi connectivity index (χ3n) is 2.55. The number of hydrogen-bond donors (Lipinski definition) is 1. The van der Waals surface area contributed by atoms with Gasteiger partial charge < -0.3 is 9.47 Å². The van der Waals surface area contributed by atoms with E-state index in [4.69, 9.17) is 16.3 Å². The first kappa shape index (κ1) is 17.3. The van der Waals surface area contributed by atoms with Crippen molar-refractivity contribution in [1.82, 2.24) is 0 Å². The number of benzene rings is 1. The van der Waals surface area contributed by atoms with Crippen molar-refractivity contribution in [2.24, 2.45) is 0 Å². The summed E-state index contributed by atoms with van der Waals surface area (Å²) in [6.45, 7) is 5.33. The number of methoxy groups -OCH3 is 1. The van der Waals surface area contributed by atoms with Gasteiger partial charge in [0.25, 0.3) is 0 Å². The van der Waals surface area contributed by atoms with Gasteiger partial charge in [-0.2, -0.15) is 0 Å². The summed E-state index contributed by atoms with van der Waals surface area (Å²) in [4.78, 5) is 23.1. The van der Waals surface area contributed by atoms with E-state index in [9.17, 15) is 9.59 Å². The van der Waals surface area contributed by atoms with E-state index >= 15 is 0 Å². The van der Waals surface area contributed by atoms with Gasteiger partial charge in [0.2, 0.25) is 0 Å². The summed E-state index contributed by atoms with van der Waals surface area (Å²) in [5, 5.41) is 3.02. The van der Waals surface area contributed by atoms with Crippen molar-refractivity contribution in [1.29, 1.82) is 0 Å². The Kier molecular flexibility index (Phi) is 6.03. The molecule has 5 nitrogen and oxygen atoms in total. The van der Waals surface area contributed by atoms with Crippen LogP contribution < -0.4 is 5.32 Å². The number of carbonyl (C=O) groups excluding carboxylic acids is 2. The monoisotopic (exact) mass is 313 g/mol. The van der Waals surface area contributed by atoms with Crippen LogP contribution in [-0.4, -0.2) is 24.8 Å². The fourth-order valence-electron chi connectivity index (χ4n) is 1.66. The number of halogens is 1. The molecule has 1 amide bonds. The van der Waals surface area contributed by atoms with Crippen molar-refractivity contribution in [2.45, 2.75) is 39.2 Å². The molecule has 1 aromatic carbocycles. The Labute approximate surface area is 129 Å². The number of anilines is 1. The van der Waals surface area contributed by atoms with Gasteiger partial charge in [-0.15, -0.1) is 0 Å². The van der Waals surface area contributed by atoms with Gasteiger partial charge in [0.15, 0.2) is 0 Å². The van der Waals surface area contributed by atoms with E-state index in [1.165, 1.54) is 7.11 Å². The summed E-state index contributed by atoms with van der Waals surface area (Å²) in [6.07, 6.45) is 0.0352. The number of esters is 1. The molecular formula is C15H20ClNO4. The van der Waals surface area contributed by atoms with Crippen LogP contribution in [0, 0.1) is 0 Å². The summed E-state index contributed by atoms with van der Waals surface area (Å²) in [5.74, 6) is -0.321. The lowest BCUT2D eigenvalue weighted by molar-refractivity contribution is -0.140. The van der Waals surface area contributed by atoms with Gasteiger partial charge in [0.05, 0.1) is 17.8 Å². The fraction of sp³-hybridized carbons (Fsp3) is 0.467. The van der Waals surface area contributed by atoms with Crippen molar-refractivity contribution in [3.63, 3.8) is 0 Å². The highest BCUT2D eigenvalue weighted by atomic mass is 35.5. The van der Waals surface area contributed by atoms with Gasteiger partial charge >= 0.3 is 12.1 Å². The van der Waals surface area contributed by atoms with Crippen LogP contribution in [0.25, 0.3) is 0 Å². The number of carbonyl (C=O) groups is 2. The molecule has 0 atom stereocenters. The quantitative estimate of drug-likeness (QED) is 0.859. The summed E-state index contributed by atoms with van der Waals surface area (Å²) < 4.78 is 9.80. The summed E-state index contributed by atoms with van der Waals surface area (Å²) in [5.41, 5.74) is 0.605. The number of rotatable bonds is 4. The van der Waals surface area contributed by atoms with E-state index in [0.29, 0.717) is 17.1 Å². The third-order valence-corrected chi connectivity index (χ3v) is 2.87. The molecule has 0 bridgehead atoms. The number of para-hydroxylation sites is 1. The molecule has 1 rings (SSSR count). The van der Waals surface area contributed by atoms with E-state index in [-0.39, 0.29) is 12.4 Å². The SMILES string of the molecule is COC(=O)CCc1cccc(Cl)c1NC(=O)OC(C)(C)C. The van der Waals surface area contributed by atoms with Crippen LogP contribution in [0.4, 0.5) is 10.5 Å². The zero-order chi connectivity index (χ0) is 16.0. The van der Waals surface area contributed by atoms with Crippen LogP contribution >= 0.6 is 11.6 Å². The Morgan fingerprint density at radius 2 is 1.95 bits per heavy atom. The Morgan fingerprint density at radius 3 is 2.52 bits per heavy atom. The lowest BCUT2D eigenvalue weighted by Gasteiger charge is -2.21. The minimum atomic E-state index is -0.600. The topological polar surface area (TPSA) is 64.6 Å². The van der Waals surface area contributed by atoms with Crippen LogP contribution in [0.5, 0.6) is 0 Å². The maximum Gasteiger partial charge on any atom is 0.412 e. The summed E-state index contributed by atoms with van der Waals surface area (Å²) >= 11 is 6.11. The zero-order valence-corrected chi connectivity index (χ0v) is 13.4. The van der Waals surface area contributed by atoms with Crippen molar-refractivity contribution >= 4 is 29.4 Å². The predicted molar refractivity (Wildman–Crippen MR) is 81.6 cm³/mol. The van der Waals surface area contributed by atoms with Crippen LogP contribution in [0.15, 0.2) is 18.2 Å². The Morgan fingerprint density at radius 1 is 1.29 bits per heavy atom. The molecule has 116 valence electrons. The first-order valence-electron chi connectivity index (χ1n) is 6.57. The van der Waals surface area contributed by atoms with E-state index in [0.717, 1.165) is 5.56 Å². The molecule has 0 saturated heterocycles. The average Bonchev–Trinajstić information content (AvgIpc) is 2.37. The molecule has 0 fully saturated rings. The second-order valence-corrected chi connectivity index (χ2v) is 5.88. The van der Waals surface area contributed by atoms with E-state index in [1.54, 1.807) is 39.0 Å². The van der Waals surface area contributed by atoms with Crippen LogP contribution in [0.3, 0.4) is 0 Å². The fourth-order valence-corrected chi connectivity index (χ4v) is 1.90. The molecule has 0 aromatic heterocycles. The first-order chi connectivity index (χ1) is 9.73. The van der Waals surface area contributed by atoms with Crippen molar-refractivity contribution in [3.05, 3.63) is 28.8 Å². The third kappa shape index (κ3) is 6.04. The summed E-state index contributed by atoms with van der Waals surface area (Å²) in [6, 6.07) is 5.21. The van der Waals surface area contributed by atoms with Crippen molar-refractivity contribution in [3.8, 4) is 0 Å². The zero-order valence-electron chi connectivity index (χ0n) is 12.7. The van der Waals surface area contributed by atoms with E-state index in [1.807, 2.05) is 0 Å². The van der Waals surface area contributed by atoms with Crippen LogP contribution in [-0.2, 0) is 20.7 Å². The maximum atomic E-state index is 11.8. The van der Waals surface area contributed by atoms with Gasteiger partial charge in [0.1, 0.15) is 5.60 Å². The maximum absolute atomic E-state index is 11.8. The molecule has 0 aliphatic heterocycles. The van der Waals surface area contributed by atoms with E-state index < -0.39 is 11.7 Å². The first-order valence-corrected chi connectivity index (χ1v) is 6.95. The Bertz CT molecular complexity index is 523. The second-order valence-electron chi connectivity index (χ2n) is 5.48. The number of nitrogens with one attached hydrogen (secondary N) is 1. The molecule has 0 heterocycles. The predicted octanol–water partition coefficient (Wildman–Crippen LogP) is 3.79. The van der Waals surface area contributed by atoms with Gasteiger partial charge in [-0.3, -0.25) is 10.1 Å². The molecule has 0 aliphatic carbocycles. The molecule has 21 heavy (non-hydrogen) atoms. The largest absolute Gasteiger partial charge is 0.469 e. The lowest BCUT2D eigenvalue weighted by Crippen LogP contribution is -2.27. The Hall–Kier alpha value is -1.75. The number of amides is 1. The summed E-state index contributed by atoms with van der Waals surface area (Å²) in [7, 11) is 1.33. The van der Waals surface area contributed by atoms with Crippen LogP contribution in [0.2, 0.25) is 5.02 Å². The smallest absolute Gasteiger partial charge is 0.412 e. The number of ether oxygens (including phenoxy) is 2. The molecule has 1 aromatic rings. The lowest BCUT2D eigenvalue weighted by atomic mass is 10.1. The standard InChI is InChI=1S/C15H20ClNO4/c1-15(2,3)21-14(19)17-13-10(6-5-7-11(13)16)8-9-12(18)20-4/h5-7H,8-9H2,1-4H3,(H,17,19). The van der Waals surface area contributed by atoms with Gasteiger partial charge in [-0.05, 0) is 38.8 Å². The van der Waals surface area contributed by atoms with Gasteiger partial charge in [-0.25, -0.2) is 4.79 Å². The highest BCUT2D eigenvalue weighted by Crippen LogP contribution is 2.27. The van der Waals surface area contributed by atoms with Gasteiger partial charge in [-0.1, -0.05) is 23.7 Å². The number of aryl methyl sites for hydroxylation is 1. The number of hydrogen-bond acceptors (Lipinski definition) is 4. The second kappa shape index (κ2) is 7.31. The molecule has 0 radical (unpaired) electrons. The molecular weight excluding hydrogens is 294 g/mol. The van der Waals surface area contributed by atoms with Gasteiger partial charge in [0, 0.05) is 6.42 Å². The molecule has 0 spiro atoms. The molecule has 6 heteroatoms. The highest BCUT2D eigenvalue weighted by Gasteiger charge is 2.18. The van der Waals surface area contributed by atoms with Crippen molar-refractivity contribution in [2.75, 3.05) is 12.4 Å².